The Hall–Kier alpha value is -3.27. The highest BCUT2D eigenvalue weighted by Gasteiger charge is 2.29. The van der Waals surface area contributed by atoms with Crippen LogP contribution in [0.5, 0.6) is 0 Å². The predicted molar refractivity (Wildman–Crippen MR) is 118 cm³/mol. The van der Waals surface area contributed by atoms with Crippen molar-refractivity contribution in [3.63, 3.8) is 0 Å². The monoisotopic (exact) mass is 455 g/mol. The first-order valence-electron chi connectivity index (χ1n) is 10.0. The fraction of sp³-hybridized carbons (Fsp3) is 0.273. The first-order valence-corrected chi connectivity index (χ1v) is 11.0. The standard InChI is InChI=1S/C22H19F2N5O2S/c1-28(2)13-5-3-12(4-6-13)20-26-19(31-27-20)11-32-22-25-18-10-17(24)16(23)9-15(18)21(30)29(22)14-7-8-14/h3-6,9-10,14H,7-8,11H2,1-2H3. The van der Waals surface area contributed by atoms with Gasteiger partial charge < -0.3 is 9.42 Å². The Morgan fingerprint density at radius 1 is 1.12 bits per heavy atom. The molecule has 164 valence electrons. The zero-order valence-electron chi connectivity index (χ0n) is 17.4. The van der Waals surface area contributed by atoms with E-state index in [-0.39, 0.29) is 28.3 Å². The molecule has 10 heteroatoms. The van der Waals surface area contributed by atoms with E-state index < -0.39 is 11.6 Å². The van der Waals surface area contributed by atoms with Gasteiger partial charge in [0.05, 0.1) is 16.7 Å². The van der Waals surface area contributed by atoms with Gasteiger partial charge in [0.1, 0.15) is 0 Å². The van der Waals surface area contributed by atoms with Crippen LogP contribution in [-0.2, 0) is 5.75 Å². The molecule has 2 aromatic carbocycles. The second-order valence-electron chi connectivity index (χ2n) is 7.83. The van der Waals surface area contributed by atoms with Crippen LogP contribution in [0.1, 0.15) is 24.8 Å². The van der Waals surface area contributed by atoms with Crippen LogP contribution in [0.15, 0.2) is 50.9 Å². The highest BCUT2D eigenvalue weighted by molar-refractivity contribution is 7.98. The lowest BCUT2D eigenvalue weighted by Crippen LogP contribution is -2.22. The van der Waals surface area contributed by atoms with Crippen LogP contribution in [-0.4, -0.2) is 33.8 Å². The van der Waals surface area contributed by atoms with Gasteiger partial charge in [0.15, 0.2) is 16.8 Å². The molecule has 0 amide bonds. The molecule has 1 aliphatic carbocycles. The molecule has 1 saturated carbocycles. The average Bonchev–Trinajstić information content (AvgIpc) is 3.50. The van der Waals surface area contributed by atoms with Crippen molar-refractivity contribution in [2.45, 2.75) is 29.8 Å². The molecule has 1 fully saturated rings. The van der Waals surface area contributed by atoms with Gasteiger partial charge in [-0.3, -0.25) is 9.36 Å². The number of thioether (sulfide) groups is 1. The minimum atomic E-state index is -1.06. The number of fused-ring (bicyclic) bond motifs is 1. The van der Waals surface area contributed by atoms with Crippen molar-refractivity contribution in [1.29, 1.82) is 0 Å². The minimum absolute atomic E-state index is 0.0171. The molecule has 2 aromatic heterocycles. The van der Waals surface area contributed by atoms with E-state index in [0.29, 0.717) is 16.9 Å². The molecule has 5 rings (SSSR count). The van der Waals surface area contributed by atoms with E-state index in [1.807, 2.05) is 43.3 Å². The van der Waals surface area contributed by atoms with E-state index >= 15 is 0 Å². The molecule has 1 aliphatic rings. The topological polar surface area (TPSA) is 77.0 Å². The van der Waals surface area contributed by atoms with Gasteiger partial charge >= 0.3 is 0 Å². The van der Waals surface area contributed by atoms with Crippen LogP contribution in [0, 0.1) is 11.6 Å². The van der Waals surface area contributed by atoms with Gasteiger partial charge in [0.2, 0.25) is 11.7 Å². The number of hydrogen-bond acceptors (Lipinski definition) is 7. The molecule has 0 N–H and O–H groups in total. The van der Waals surface area contributed by atoms with Crippen molar-refractivity contribution >= 4 is 28.4 Å². The van der Waals surface area contributed by atoms with Gasteiger partial charge in [0.25, 0.3) is 5.56 Å². The SMILES string of the molecule is CN(C)c1ccc(-c2noc(CSc3nc4cc(F)c(F)cc4c(=O)n3C3CC3)n2)cc1. The number of aromatic nitrogens is 4. The van der Waals surface area contributed by atoms with Crippen LogP contribution >= 0.6 is 11.8 Å². The molecule has 0 spiro atoms. The fourth-order valence-electron chi connectivity index (χ4n) is 3.40. The Bertz CT molecular complexity index is 1360. The smallest absolute Gasteiger partial charge is 0.262 e. The molecular formula is C22H19F2N5O2S. The van der Waals surface area contributed by atoms with E-state index in [9.17, 15) is 13.6 Å². The second kappa shape index (κ2) is 8.01. The molecular weight excluding hydrogens is 436 g/mol. The summed E-state index contributed by atoms with van der Waals surface area (Å²) < 4.78 is 34.3. The van der Waals surface area contributed by atoms with E-state index in [1.54, 1.807) is 4.57 Å². The van der Waals surface area contributed by atoms with Crippen molar-refractivity contribution in [1.82, 2.24) is 19.7 Å². The van der Waals surface area contributed by atoms with Crippen LogP contribution in [0.25, 0.3) is 22.3 Å². The van der Waals surface area contributed by atoms with E-state index in [0.717, 1.165) is 36.2 Å². The molecule has 2 heterocycles. The normalized spacial score (nSPS) is 13.6. The van der Waals surface area contributed by atoms with Crippen molar-refractivity contribution in [2.75, 3.05) is 19.0 Å². The molecule has 4 aromatic rings. The number of anilines is 1. The van der Waals surface area contributed by atoms with Gasteiger partial charge in [-0.15, -0.1) is 0 Å². The Morgan fingerprint density at radius 2 is 1.84 bits per heavy atom. The maximum Gasteiger partial charge on any atom is 0.262 e. The Morgan fingerprint density at radius 3 is 2.53 bits per heavy atom. The molecule has 32 heavy (non-hydrogen) atoms. The number of rotatable bonds is 6. The number of hydrogen-bond donors (Lipinski definition) is 0. The van der Waals surface area contributed by atoms with Crippen molar-refractivity contribution in [3.8, 4) is 11.4 Å². The van der Waals surface area contributed by atoms with E-state index in [4.69, 9.17) is 4.52 Å². The first-order chi connectivity index (χ1) is 15.4. The highest BCUT2D eigenvalue weighted by Crippen LogP contribution is 2.37. The second-order valence-corrected chi connectivity index (χ2v) is 8.77. The third kappa shape index (κ3) is 3.86. The summed E-state index contributed by atoms with van der Waals surface area (Å²) in [5.41, 5.74) is 1.64. The summed E-state index contributed by atoms with van der Waals surface area (Å²) in [4.78, 5) is 23.8. The summed E-state index contributed by atoms with van der Waals surface area (Å²) in [6, 6.07) is 9.66. The quantitative estimate of drug-likeness (QED) is 0.315. The molecule has 0 radical (unpaired) electrons. The average molecular weight is 455 g/mol. The molecule has 0 unspecified atom stereocenters. The van der Waals surface area contributed by atoms with Crippen molar-refractivity contribution < 1.29 is 13.3 Å². The van der Waals surface area contributed by atoms with Crippen LogP contribution in [0.2, 0.25) is 0 Å². The van der Waals surface area contributed by atoms with Crippen LogP contribution < -0.4 is 10.5 Å². The van der Waals surface area contributed by atoms with Gasteiger partial charge in [0, 0.05) is 37.5 Å². The Kier molecular flexibility index (Phi) is 5.16. The maximum atomic E-state index is 13.7. The number of halogens is 2. The van der Waals surface area contributed by atoms with Crippen LogP contribution in [0.4, 0.5) is 14.5 Å². The fourth-order valence-corrected chi connectivity index (χ4v) is 4.30. The zero-order chi connectivity index (χ0) is 22.4. The van der Waals surface area contributed by atoms with Gasteiger partial charge in [-0.1, -0.05) is 16.9 Å². The van der Waals surface area contributed by atoms with Crippen LogP contribution in [0.3, 0.4) is 0 Å². The van der Waals surface area contributed by atoms with E-state index in [1.165, 1.54) is 11.8 Å². The predicted octanol–water partition coefficient (Wildman–Crippen LogP) is 4.42. The largest absolute Gasteiger partial charge is 0.378 e. The third-order valence-corrected chi connectivity index (χ3v) is 6.19. The minimum Gasteiger partial charge on any atom is -0.378 e. The maximum absolute atomic E-state index is 13.7. The van der Waals surface area contributed by atoms with Gasteiger partial charge in [-0.05, 0) is 43.2 Å². The van der Waals surface area contributed by atoms with Crippen molar-refractivity contribution in [2.24, 2.45) is 0 Å². The summed E-state index contributed by atoms with van der Waals surface area (Å²) in [5, 5.41) is 4.53. The third-order valence-electron chi connectivity index (χ3n) is 5.26. The molecule has 0 aliphatic heterocycles. The summed E-state index contributed by atoms with van der Waals surface area (Å²) >= 11 is 1.26. The highest BCUT2D eigenvalue weighted by atomic mass is 32.2. The molecule has 0 atom stereocenters. The molecule has 0 bridgehead atoms. The summed E-state index contributed by atoms with van der Waals surface area (Å²) in [7, 11) is 3.93. The lowest BCUT2D eigenvalue weighted by Gasteiger charge is -2.12. The lowest BCUT2D eigenvalue weighted by molar-refractivity contribution is 0.391. The zero-order valence-corrected chi connectivity index (χ0v) is 18.2. The molecule has 0 saturated heterocycles. The Labute approximate surface area is 186 Å². The summed E-state index contributed by atoms with van der Waals surface area (Å²) in [6.07, 6.45) is 1.69. The Balaban J connectivity index is 1.41. The van der Waals surface area contributed by atoms with Crippen molar-refractivity contribution in [3.05, 3.63) is 64.3 Å². The number of nitrogens with zero attached hydrogens (tertiary/aromatic N) is 5. The molecule has 7 nitrogen and oxygen atoms in total. The van der Waals surface area contributed by atoms with E-state index in [2.05, 4.69) is 15.1 Å². The summed E-state index contributed by atoms with van der Waals surface area (Å²) in [6.45, 7) is 0. The lowest BCUT2D eigenvalue weighted by atomic mass is 10.2. The van der Waals surface area contributed by atoms with Gasteiger partial charge in [-0.25, -0.2) is 13.8 Å². The summed E-state index contributed by atoms with van der Waals surface area (Å²) in [5.74, 6) is -0.961. The van der Waals surface area contributed by atoms with Gasteiger partial charge in [-0.2, -0.15) is 4.98 Å². The first kappa shape index (κ1) is 20.6. The number of benzene rings is 2.